The molecule has 0 atom stereocenters. The second kappa shape index (κ2) is 10.2. The average molecular weight is 516 g/mol. The molecule has 8 nitrogen and oxygen atoms in total. The fourth-order valence-electron chi connectivity index (χ4n) is 3.46. The van der Waals surface area contributed by atoms with E-state index in [1.54, 1.807) is 13.8 Å². The van der Waals surface area contributed by atoms with E-state index >= 15 is 0 Å². The summed E-state index contributed by atoms with van der Waals surface area (Å²) < 4.78 is 36.4. The van der Waals surface area contributed by atoms with Crippen molar-refractivity contribution in [1.29, 1.82) is 0 Å². The molecule has 33 heavy (non-hydrogen) atoms. The SMILES string of the molecule is CC(C)OC(=O)C(=O)Nc1cc(Cl)c(Oc2ccc(O)c(S(=O)(=O)C3CCCC3)c2)c(Cl)c1. The number of carbonyl (C=O) groups excluding carboxylic acids is 2. The third kappa shape index (κ3) is 5.90. The normalized spacial score (nSPS) is 14.3. The lowest BCUT2D eigenvalue weighted by molar-refractivity contribution is -0.155. The van der Waals surface area contributed by atoms with E-state index in [0.717, 1.165) is 12.8 Å². The van der Waals surface area contributed by atoms with Gasteiger partial charge in [-0.25, -0.2) is 13.2 Å². The van der Waals surface area contributed by atoms with Crippen molar-refractivity contribution < 1.29 is 32.6 Å². The van der Waals surface area contributed by atoms with Gasteiger partial charge in [-0.3, -0.25) is 4.79 Å². The highest BCUT2D eigenvalue weighted by atomic mass is 35.5. The summed E-state index contributed by atoms with van der Waals surface area (Å²) >= 11 is 12.5. The van der Waals surface area contributed by atoms with Crippen LogP contribution in [0.15, 0.2) is 35.2 Å². The molecule has 0 heterocycles. The number of amides is 1. The van der Waals surface area contributed by atoms with Crippen LogP contribution in [0.25, 0.3) is 0 Å². The van der Waals surface area contributed by atoms with Crippen molar-refractivity contribution in [3.05, 3.63) is 40.4 Å². The summed E-state index contributed by atoms with van der Waals surface area (Å²) in [6.45, 7) is 3.22. The summed E-state index contributed by atoms with van der Waals surface area (Å²) in [5.41, 5.74) is 0.137. The Morgan fingerprint density at radius 2 is 1.70 bits per heavy atom. The van der Waals surface area contributed by atoms with Gasteiger partial charge in [0.1, 0.15) is 16.4 Å². The number of hydrogen-bond acceptors (Lipinski definition) is 7. The molecule has 0 bridgehead atoms. The molecule has 178 valence electrons. The topological polar surface area (TPSA) is 119 Å². The third-order valence-corrected chi connectivity index (χ3v) is 7.83. The van der Waals surface area contributed by atoms with Crippen molar-refractivity contribution in [2.75, 3.05) is 5.32 Å². The van der Waals surface area contributed by atoms with Gasteiger partial charge in [0.15, 0.2) is 15.6 Å². The van der Waals surface area contributed by atoms with E-state index in [-0.39, 0.29) is 37.9 Å². The zero-order valence-electron chi connectivity index (χ0n) is 17.9. The van der Waals surface area contributed by atoms with E-state index in [1.807, 2.05) is 0 Å². The zero-order chi connectivity index (χ0) is 24.3. The number of halogens is 2. The smallest absolute Gasteiger partial charge is 0.397 e. The van der Waals surface area contributed by atoms with E-state index in [4.69, 9.17) is 32.7 Å². The van der Waals surface area contributed by atoms with Gasteiger partial charge in [-0.05, 0) is 51.0 Å². The molecule has 0 unspecified atom stereocenters. The number of benzene rings is 2. The average Bonchev–Trinajstić information content (AvgIpc) is 3.27. The first-order chi connectivity index (χ1) is 15.5. The maximum absolute atomic E-state index is 12.9. The monoisotopic (exact) mass is 515 g/mol. The lowest BCUT2D eigenvalue weighted by Gasteiger charge is -2.15. The van der Waals surface area contributed by atoms with Crippen LogP contribution in [-0.2, 0) is 24.2 Å². The second-order valence-electron chi connectivity index (χ2n) is 7.86. The molecule has 1 aliphatic carbocycles. The highest BCUT2D eigenvalue weighted by molar-refractivity contribution is 7.92. The van der Waals surface area contributed by atoms with Gasteiger partial charge < -0.3 is 19.9 Å². The lowest BCUT2D eigenvalue weighted by atomic mass is 10.2. The predicted octanol–water partition coefficient (Wildman–Crippen LogP) is 5.10. The fraction of sp³-hybridized carbons (Fsp3) is 0.364. The molecule has 0 aromatic heterocycles. The van der Waals surface area contributed by atoms with Gasteiger partial charge in [-0.2, -0.15) is 0 Å². The highest BCUT2D eigenvalue weighted by Crippen LogP contribution is 2.41. The molecule has 1 amide bonds. The van der Waals surface area contributed by atoms with Crippen LogP contribution in [0.1, 0.15) is 39.5 Å². The number of phenols is 1. The molecule has 1 aliphatic rings. The fourth-order valence-corrected chi connectivity index (χ4v) is 5.98. The second-order valence-corrected chi connectivity index (χ2v) is 10.9. The summed E-state index contributed by atoms with van der Waals surface area (Å²) in [4.78, 5) is 23.4. The van der Waals surface area contributed by atoms with Gasteiger partial charge in [0.2, 0.25) is 0 Å². The molecule has 1 fully saturated rings. The summed E-state index contributed by atoms with van der Waals surface area (Å²) in [7, 11) is -3.73. The summed E-state index contributed by atoms with van der Waals surface area (Å²) in [6.07, 6.45) is 2.28. The molecular formula is C22H23Cl2NO7S. The minimum Gasteiger partial charge on any atom is -0.507 e. The van der Waals surface area contributed by atoms with Crippen LogP contribution in [0.3, 0.4) is 0 Å². The van der Waals surface area contributed by atoms with Gasteiger partial charge >= 0.3 is 11.9 Å². The number of nitrogens with one attached hydrogen (secondary N) is 1. The molecular weight excluding hydrogens is 493 g/mol. The number of phenolic OH excluding ortho intramolecular Hbond substituents is 1. The van der Waals surface area contributed by atoms with Gasteiger partial charge in [0.05, 0.1) is 21.4 Å². The Morgan fingerprint density at radius 1 is 1.09 bits per heavy atom. The predicted molar refractivity (Wildman–Crippen MR) is 124 cm³/mol. The van der Waals surface area contributed by atoms with Gasteiger partial charge in [0, 0.05) is 11.8 Å². The Balaban J connectivity index is 1.83. The molecule has 0 spiro atoms. The maximum atomic E-state index is 12.9. The Labute approximate surface area is 201 Å². The van der Waals surface area contributed by atoms with Gasteiger partial charge in [-0.1, -0.05) is 36.0 Å². The number of sulfone groups is 1. The highest BCUT2D eigenvalue weighted by Gasteiger charge is 2.32. The van der Waals surface area contributed by atoms with Crippen molar-refractivity contribution in [3.8, 4) is 17.2 Å². The van der Waals surface area contributed by atoms with Crippen LogP contribution in [0.4, 0.5) is 5.69 Å². The van der Waals surface area contributed by atoms with E-state index in [2.05, 4.69) is 5.32 Å². The van der Waals surface area contributed by atoms with E-state index in [0.29, 0.717) is 12.8 Å². The van der Waals surface area contributed by atoms with Crippen LogP contribution < -0.4 is 10.1 Å². The van der Waals surface area contributed by atoms with E-state index < -0.39 is 33.1 Å². The lowest BCUT2D eigenvalue weighted by Crippen LogP contribution is -2.27. The quantitative estimate of drug-likeness (QED) is 0.405. The van der Waals surface area contributed by atoms with Crippen LogP contribution >= 0.6 is 23.2 Å². The number of anilines is 1. The van der Waals surface area contributed by atoms with E-state index in [1.165, 1.54) is 30.3 Å². The van der Waals surface area contributed by atoms with Crippen LogP contribution in [-0.4, -0.2) is 36.8 Å². The Bertz CT molecular complexity index is 1150. The van der Waals surface area contributed by atoms with Crippen LogP contribution in [0.2, 0.25) is 10.0 Å². The molecule has 2 N–H and O–H groups in total. The molecule has 0 radical (unpaired) electrons. The standard InChI is InChI=1S/C22H23Cl2NO7S/c1-12(2)31-22(28)21(27)25-13-9-16(23)20(17(24)10-13)32-14-7-8-18(26)19(11-14)33(29,30)15-5-3-4-6-15/h7-12,15,26H,3-6H2,1-2H3,(H,25,27). The zero-order valence-corrected chi connectivity index (χ0v) is 20.3. The maximum Gasteiger partial charge on any atom is 0.397 e. The molecule has 11 heteroatoms. The Kier molecular flexibility index (Phi) is 7.76. The van der Waals surface area contributed by atoms with Crippen molar-refractivity contribution in [3.63, 3.8) is 0 Å². The summed E-state index contributed by atoms with van der Waals surface area (Å²) in [5.74, 6) is -2.30. The Hall–Kier alpha value is -2.49. The first-order valence-electron chi connectivity index (χ1n) is 10.2. The number of aromatic hydroxyl groups is 1. The molecule has 0 aliphatic heterocycles. The van der Waals surface area contributed by atoms with Crippen molar-refractivity contribution >= 4 is 50.6 Å². The summed E-state index contributed by atoms with van der Waals surface area (Å²) in [5, 5.41) is 12.0. The largest absolute Gasteiger partial charge is 0.507 e. The summed E-state index contributed by atoms with van der Waals surface area (Å²) in [6, 6.07) is 6.48. The van der Waals surface area contributed by atoms with Gasteiger partial charge in [0.25, 0.3) is 0 Å². The molecule has 2 aromatic carbocycles. The van der Waals surface area contributed by atoms with Crippen LogP contribution in [0, 0.1) is 0 Å². The third-order valence-electron chi connectivity index (χ3n) is 4.98. The van der Waals surface area contributed by atoms with Crippen LogP contribution in [0.5, 0.6) is 17.2 Å². The number of esters is 1. The first-order valence-corrected chi connectivity index (χ1v) is 12.5. The van der Waals surface area contributed by atoms with Crippen molar-refractivity contribution in [1.82, 2.24) is 0 Å². The van der Waals surface area contributed by atoms with E-state index in [9.17, 15) is 23.1 Å². The molecule has 2 aromatic rings. The van der Waals surface area contributed by atoms with Crippen molar-refractivity contribution in [2.45, 2.75) is 55.8 Å². The first kappa shape index (κ1) is 25.1. The minimum absolute atomic E-state index is 0.00306. The van der Waals surface area contributed by atoms with Gasteiger partial charge in [-0.15, -0.1) is 0 Å². The number of hydrogen-bond donors (Lipinski definition) is 2. The number of carbonyl (C=O) groups is 2. The molecule has 0 saturated heterocycles. The van der Waals surface area contributed by atoms with Crippen molar-refractivity contribution in [2.24, 2.45) is 0 Å². The molecule has 3 rings (SSSR count). The number of ether oxygens (including phenoxy) is 2. The molecule has 1 saturated carbocycles. The minimum atomic E-state index is -3.73. The number of rotatable bonds is 6. The Morgan fingerprint density at radius 3 is 2.27 bits per heavy atom.